The summed E-state index contributed by atoms with van der Waals surface area (Å²) in [7, 11) is 0. The first kappa shape index (κ1) is 30.2. The molecule has 0 aromatic heterocycles. The summed E-state index contributed by atoms with van der Waals surface area (Å²) in [5.74, 6) is 0. The predicted molar refractivity (Wildman–Crippen MR) is 27.3 cm³/mol. The van der Waals surface area contributed by atoms with Gasteiger partial charge in [0.2, 0.25) is 0 Å². The summed E-state index contributed by atoms with van der Waals surface area (Å²) >= 11 is -10.5. The molecule has 0 aliphatic heterocycles. The zero-order valence-electron chi connectivity index (χ0n) is 4.95. The van der Waals surface area contributed by atoms with Crippen LogP contribution in [0.25, 0.3) is 0 Å². The van der Waals surface area contributed by atoms with E-state index in [2.05, 4.69) is 0 Å². The van der Waals surface area contributed by atoms with Crippen molar-refractivity contribution in [3.63, 3.8) is 0 Å². The fraction of sp³-hybridized carbons (Fsp3) is 0. The van der Waals surface area contributed by atoms with E-state index in [-0.39, 0.29) is 120 Å². The third kappa shape index (κ3) is 200. The van der Waals surface area contributed by atoms with Crippen LogP contribution in [-0.4, -0.2) is 117 Å². The van der Waals surface area contributed by atoms with Crippen molar-refractivity contribution in [3.05, 3.63) is 0 Å². The molecule has 0 fully saturated rings. The van der Waals surface area contributed by atoms with Crippen molar-refractivity contribution in [3.8, 4) is 0 Å². The first-order chi connectivity index (χ1) is 4.00. The Labute approximate surface area is 174 Å². The molecule has 0 saturated carbocycles. The van der Waals surface area contributed by atoms with Crippen molar-refractivity contribution < 1.29 is 78.6 Å². The van der Waals surface area contributed by atoms with Crippen LogP contribution in [0.15, 0.2) is 0 Å². The van der Waals surface area contributed by atoms with Gasteiger partial charge in [-0.05, 0) is 0 Å². The predicted octanol–water partition coefficient (Wildman–Crippen LogP) is -4.28. The Morgan fingerprint density at radius 2 is 0.692 bits per heavy atom. The molecule has 0 atom stereocenters. The van der Waals surface area contributed by atoms with Gasteiger partial charge in [0.25, 0.3) is 0 Å². The third-order valence-electron chi connectivity index (χ3n) is 0. The molecule has 0 aromatic rings. The summed E-state index contributed by atoms with van der Waals surface area (Å²) in [6.07, 6.45) is 0. The Bertz CT molecular complexity index is 219. The molecule has 0 unspecified atom stereocenters. The van der Waals surface area contributed by atoms with Crippen molar-refractivity contribution in [2.75, 3.05) is 0 Å². The molecule has 0 bridgehead atoms. The SMILES string of the molecule is [BaH2].[KH].[O]=[Cr](=[O])([OH])[OH].[O]=[Cr](=[O])([OH])[OH].[Zn]. The van der Waals surface area contributed by atoms with Gasteiger partial charge in [-0.25, -0.2) is 0 Å². The molecule has 0 aliphatic rings. The summed E-state index contributed by atoms with van der Waals surface area (Å²) in [6.45, 7) is 0. The van der Waals surface area contributed by atoms with Gasteiger partial charge in [-0.3, -0.25) is 0 Å². The van der Waals surface area contributed by atoms with Crippen LogP contribution in [0.3, 0.4) is 0 Å². The fourth-order valence-electron chi connectivity index (χ4n) is 0. The molecule has 0 aromatic carbocycles. The molecule has 0 rings (SSSR count). The van der Waals surface area contributed by atoms with Crippen LogP contribution < -0.4 is 0 Å². The number of rotatable bonds is 0. The number of hydrogen-bond acceptors (Lipinski definition) is 4. The molecule has 0 heterocycles. The molecule has 8 nitrogen and oxygen atoms in total. The van der Waals surface area contributed by atoms with E-state index in [1.807, 2.05) is 0 Å². The monoisotopic (exact) mass is 480 g/mol. The second-order valence-electron chi connectivity index (χ2n) is 0.896. The van der Waals surface area contributed by atoms with Crippen LogP contribution >= 0.6 is 0 Å². The minimum atomic E-state index is -5.25. The van der Waals surface area contributed by atoms with E-state index in [4.69, 9.17) is 31.8 Å². The third-order valence-corrected chi connectivity index (χ3v) is 0. The van der Waals surface area contributed by atoms with Crippen molar-refractivity contribution >= 4 is 100 Å². The van der Waals surface area contributed by atoms with Gasteiger partial charge in [-0.15, -0.1) is 0 Å². The van der Waals surface area contributed by atoms with Crippen LogP contribution in [-0.2, 0) is 61.9 Å². The van der Waals surface area contributed by atoms with Gasteiger partial charge < -0.3 is 0 Å². The van der Waals surface area contributed by atoms with Crippen molar-refractivity contribution in [1.29, 1.82) is 0 Å². The summed E-state index contributed by atoms with van der Waals surface area (Å²) in [6, 6.07) is 0. The maximum Gasteiger partial charge on any atom is 0 e. The summed E-state index contributed by atoms with van der Waals surface area (Å²) in [5, 5.41) is 0. The average molecular weight is 481 g/mol. The van der Waals surface area contributed by atoms with Crippen LogP contribution in [0.1, 0.15) is 0 Å². The summed E-state index contributed by atoms with van der Waals surface area (Å²) in [4.78, 5) is 0. The van der Waals surface area contributed by atoms with Gasteiger partial charge in [0, 0.05) is 19.5 Å². The van der Waals surface area contributed by atoms with E-state index >= 15 is 0 Å². The Morgan fingerprint density at radius 3 is 0.692 bits per heavy atom. The molecule has 0 spiro atoms. The summed E-state index contributed by atoms with van der Waals surface area (Å²) < 4.78 is 63.8. The standard InChI is InChI=1S/Ba.2Cr.K.4H2O.4O.Zn.3H/h;;;;4*1H2;;;;;;;;/q;2*+2;;;;;;;;;;;;;/p-4. The van der Waals surface area contributed by atoms with E-state index < -0.39 is 27.2 Å². The first-order valence-corrected chi connectivity index (χ1v) is 5.76. The Morgan fingerprint density at radius 1 is 0.692 bits per heavy atom. The van der Waals surface area contributed by atoms with E-state index in [1.54, 1.807) is 0 Å². The second-order valence-corrected chi connectivity index (χ2v) is 3.69. The fourth-order valence-corrected chi connectivity index (χ4v) is 0. The van der Waals surface area contributed by atoms with Crippen LogP contribution in [0.4, 0.5) is 0 Å². The zero-order valence-corrected chi connectivity index (χ0v) is 10.5. The molecule has 72 valence electrons. The quantitative estimate of drug-likeness (QED) is 0.255. The van der Waals surface area contributed by atoms with E-state index in [0.717, 1.165) is 0 Å². The molecule has 4 N–H and O–H groups in total. The minimum absolute atomic E-state index is 0. The molecule has 0 amide bonds. The topological polar surface area (TPSA) is 149 Å². The van der Waals surface area contributed by atoms with Gasteiger partial charge in [0.15, 0.2) is 0 Å². The average Bonchev–Trinajstić information content (AvgIpc) is 1.12. The van der Waals surface area contributed by atoms with Crippen molar-refractivity contribution in [2.45, 2.75) is 0 Å². The van der Waals surface area contributed by atoms with Crippen molar-refractivity contribution in [1.82, 2.24) is 0 Å². The van der Waals surface area contributed by atoms with Gasteiger partial charge >= 0.3 is 159 Å². The van der Waals surface area contributed by atoms with E-state index in [1.165, 1.54) is 0 Å². The maximum atomic E-state index is 8.82. The minimum Gasteiger partial charge on any atom is 0 e. The summed E-state index contributed by atoms with van der Waals surface area (Å²) in [5.41, 5.74) is 0. The van der Waals surface area contributed by atoms with Gasteiger partial charge in [0.1, 0.15) is 0 Å². The van der Waals surface area contributed by atoms with Gasteiger partial charge in [-0.1, -0.05) is 0 Å². The van der Waals surface area contributed by atoms with Crippen molar-refractivity contribution in [2.24, 2.45) is 0 Å². The van der Waals surface area contributed by atoms with E-state index in [0.29, 0.717) is 0 Å². The van der Waals surface area contributed by atoms with Gasteiger partial charge in [0.05, 0.1) is 0 Å². The first-order valence-electron chi connectivity index (χ1n) is 1.40. The molecular formula is H7BaCr2KO8Zn. The maximum absolute atomic E-state index is 8.82. The van der Waals surface area contributed by atoms with E-state index in [9.17, 15) is 0 Å². The Balaban J connectivity index is -0.0000000267. The molecule has 0 aliphatic carbocycles. The van der Waals surface area contributed by atoms with Gasteiger partial charge in [-0.2, -0.15) is 0 Å². The zero-order chi connectivity index (χ0) is 9.00. The largest absolute Gasteiger partial charge is 0 e. The van der Waals surface area contributed by atoms with Crippen LogP contribution in [0.2, 0.25) is 0 Å². The van der Waals surface area contributed by atoms with Crippen LogP contribution in [0, 0.1) is 0 Å². The molecule has 13 heavy (non-hydrogen) atoms. The second kappa shape index (κ2) is 14.0. The molecule has 0 saturated heterocycles. The number of hydrogen-bond donors (Lipinski definition) is 4. The normalized spacial score (nSPS) is 8.92. The molecular weight excluding hydrogens is 474 g/mol. The smallest absolute Gasteiger partial charge is 0 e. The molecule has 0 radical (unpaired) electrons. The molecule has 13 heteroatoms. The van der Waals surface area contributed by atoms with Crippen LogP contribution in [0.5, 0.6) is 0 Å². The Hall–Kier alpha value is 3.94. The Kier molecular flexibility index (Phi) is 32.5.